The van der Waals surface area contributed by atoms with Gasteiger partial charge in [-0.1, -0.05) is 17.7 Å². The number of halogens is 1. The summed E-state index contributed by atoms with van der Waals surface area (Å²) in [5.74, 6) is -0.189. The van der Waals surface area contributed by atoms with Crippen molar-refractivity contribution >= 4 is 38.9 Å². The van der Waals surface area contributed by atoms with Gasteiger partial charge in [-0.25, -0.2) is 8.42 Å². The van der Waals surface area contributed by atoms with E-state index >= 15 is 0 Å². The minimum atomic E-state index is -3.59. The number of anilines is 2. The molecule has 3 rings (SSSR count). The molecule has 0 unspecified atom stereocenters. The van der Waals surface area contributed by atoms with Gasteiger partial charge in [-0.05, 0) is 55.3 Å². The second kappa shape index (κ2) is 8.11. The third kappa shape index (κ3) is 4.32. The highest BCUT2D eigenvalue weighted by atomic mass is 35.5. The molecule has 1 amide bonds. The van der Waals surface area contributed by atoms with E-state index in [1.54, 1.807) is 25.1 Å². The predicted molar refractivity (Wildman–Crippen MR) is 113 cm³/mol. The second-order valence-electron chi connectivity index (χ2n) is 6.98. The van der Waals surface area contributed by atoms with Crippen LogP contribution in [-0.2, 0) is 14.8 Å². The van der Waals surface area contributed by atoms with Crippen molar-refractivity contribution < 1.29 is 13.2 Å². The van der Waals surface area contributed by atoms with Gasteiger partial charge in [-0.15, -0.1) is 0 Å². The van der Waals surface area contributed by atoms with Gasteiger partial charge in [-0.2, -0.15) is 4.31 Å². The third-order valence-corrected chi connectivity index (χ3v) is 7.03. The van der Waals surface area contributed by atoms with Crippen molar-refractivity contribution in [2.75, 3.05) is 36.4 Å². The smallest absolute Gasteiger partial charge is 0.243 e. The SMILES string of the molecule is CC(=O)Nc1ccc(S(=O)(=O)N2CCN(c3cc(Cl)ccc3C)CC2)cc1C. The number of rotatable bonds is 4. The number of aryl methyl sites for hydroxylation is 2. The number of hydrogen-bond acceptors (Lipinski definition) is 4. The molecule has 0 saturated carbocycles. The number of nitrogens with zero attached hydrogens (tertiary/aromatic N) is 2. The molecule has 1 N–H and O–H groups in total. The zero-order valence-corrected chi connectivity index (χ0v) is 17.8. The first-order chi connectivity index (χ1) is 13.2. The Morgan fingerprint density at radius 1 is 1.00 bits per heavy atom. The summed E-state index contributed by atoms with van der Waals surface area (Å²) in [5, 5.41) is 3.37. The van der Waals surface area contributed by atoms with Crippen LogP contribution in [0.4, 0.5) is 11.4 Å². The van der Waals surface area contributed by atoms with E-state index in [-0.39, 0.29) is 10.8 Å². The van der Waals surface area contributed by atoms with Crippen LogP contribution in [0, 0.1) is 13.8 Å². The number of nitrogens with one attached hydrogen (secondary N) is 1. The van der Waals surface area contributed by atoms with Crippen molar-refractivity contribution in [3.8, 4) is 0 Å². The van der Waals surface area contributed by atoms with Crippen LogP contribution >= 0.6 is 11.6 Å². The quantitative estimate of drug-likeness (QED) is 0.821. The zero-order valence-electron chi connectivity index (χ0n) is 16.2. The molecule has 0 bridgehead atoms. The van der Waals surface area contributed by atoms with Crippen LogP contribution in [0.5, 0.6) is 0 Å². The largest absolute Gasteiger partial charge is 0.369 e. The number of sulfonamides is 1. The Hall–Kier alpha value is -2.09. The van der Waals surface area contributed by atoms with Gasteiger partial charge in [0.2, 0.25) is 15.9 Å². The molecule has 0 spiro atoms. The molecular formula is C20H24ClN3O3S. The van der Waals surface area contributed by atoms with E-state index in [1.165, 1.54) is 11.2 Å². The highest BCUT2D eigenvalue weighted by Crippen LogP contribution is 2.27. The van der Waals surface area contributed by atoms with Gasteiger partial charge >= 0.3 is 0 Å². The monoisotopic (exact) mass is 421 g/mol. The molecule has 6 nitrogen and oxygen atoms in total. The predicted octanol–water partition coefficient (Wildman–Crippen LogP) is 3.43. The van der Waals surface area contributed by atoms with Gasteiger partial charge in [-0.3, -0.25) is 4.79 Å². The fraction of sp³-hybridized carbons (Fsp3) is 0.350. The first kappa shape index (κ1) is 20.6. The van der Waals surface area contributed by atoms with Crippen molar-refractivity contribution in [3.05, 3.63) is 52.5 Å². The molecule has 2 aromatic carbocycles. The summed E-state index contributed by atoms with van der Waals surface area (Å²) < 4.78 is 27.6. The van der Waals surface area contributed by atoms with Gasteiger partial charge < -0.3 is 10.2 Å². The van der Waals surface area contributed by atoms with E-state index in [0.29, 0.717) is 42.5 Å². The third-order valence-electron chi connectivity index (χ3n) is 4.90. The van der Waals surface area contributed by atoms with Crippen LogP contribution < -0.4 is 10.2 Å². The Kier molecular flexibility index (Phi) is 5.98. The number of piperazine rings is 1. The van der Waals surface area contributed by atoms with Crippen LogP contribution in [0.25, 0.3) is 0 Å². The van der Waals surface area contributed by atoms with Crippen LogP contribution in [0.3, 0.4) is 0 Å². The maximum Gasteiger partial charge on any atom is 0.243 e. The van der Waals surface area contributed by atoms with Crippen LogP contribution in [0.15, 0.2) is 41.3 Å². The summed E-state index contributed by atoms with van der Waals surface area (Å²) in [7, 11) is -3.59. The van der Waals surface area contributed by atoms with E-state index < -0.39 is 10.0 Å². The highest BCUT2D eigenvalue weighted by Gasteiger charge is 2.29. The fourth-order valence-corrected chi connectivity index (χ4v) is 5.04. The first-order valence-electron chi connectivity index (χ1n) is 9.08. The average Bonchev–Trinajstić information content (AvgIpc) is 2.65. The molecule has 0 radical (unpaired) electrons. The molecule has 28 heavy (non-hydrogen) atoms. The molecule has 0 aromatic heterocycles. The van der Waals surface area contributed by atoms with E-state index in [9.17, 15) is 13.2 Å². The lowest BCUT2D eigenvalue weighted by Crippen LogP contribution is -2.48. The average molecular weight is 422 g/mol. The van der Waals surface area contributed by atoms with Crippen molar-refractivity contribution in [2.45, 2.75) is 25.7 Å². The van der Waals surface area contributed by atoms with E-state index in [2.05, 4.69) is 10.2 Å². The molecule has 0 aliphatic carbocycles. The van der Waals surface area contributed by atoms with Crippen LogP contribution in [-0.4, -0.2) is 44.8 Å². The molecule has 1 aliphatic heterocycles. The summed E-state index contributed by atoms with van der Waals surface area (Å²) in [4.78, 5) is 13.6. The standard InChI is InChI=1S/C20H24ClN3O3S/c1-14-4-5-17(21)13-20(14)23-8-10-24(11-9-23)28(26,27)18-6-7-19(15(2)12-18)22-16(3)25/h4-7,12-13H,8-11H2,1-3H3,(H,22,25). The Morgan fingerprint density at radius 2 is 1.68 bits per heavy atom. The van der Waals surface area contributed by atoms with Crippen molar-refractivity contribution in [2.24, 2.45) is 0 Å². The van der Waals surface area contributed by atoms with Crippen LogP contribution in [0.2, 0.25) is 5.02 Å². The summed E-state index contributed by atoms with van der Waals surface area (Å²) >= 11 is 6.12. The molecule has 1 heterocycles. The van der Waals surface area contributed by atoms with Crippen LogP contribution in [0.1, 0.15) is 18.1 Å². The van der Waals surface area contributed by atoms with Crippen molar-refractivity contribution in [1.82, 2.24) is 4.31 Å². The Balaban J connectivity index is 1.75. The minimum absolute atomic E-state index is 0.189. The Bertz CT molecular complexity index is 1000. The zero-order chi connectivity index (χ0) is 20.5. The lowest BCUT2D eigenvalue weighted by atomic mass is 10.1. The lowest BCUT2D eigenvalue weighted by molar-refractivity contribution is -0.114. The van der Waals surface area contributed by atoms with Gasteiger partial charge in [0.15, 0.2) is 0 Å². The second-order valence-corrected chi connectivity index (χ2v) is 9.35. The molecule has 1 fully saturated rings. The normalized spacial score (nSPS) is 15.5. The van der Waals surface area contributed by atoms with E-state index in [1.807, 2.05) is 25.1 Å². The molecular weight excluding hydrogens is 398 g/mol. The fourth-order valence-electron chi connectivity index (χ4n) is 3.37. The summed E-state index contributed by atoms with van der Waals surface area (Å²) in [5.41, 5.74) is 3.49. The Morgan fingerprint density at radius 3 is 2.29 bits per heavy atom. The Labute approximate surface area is 171 Å². The maximum atomic E-state index is 13.0. The molecule has 1 saturated heterocycles. The molecule has 0 atom stereocenters. The first-order valence-corrected chi connectivity index (χ1v) is 10.9. The topological polar surface area (TPSA) is 69.7 Å². The number of carbonyl (C=O) groups is 1. The maximum absolute atomic E-state index is 13.0. The van der Waals surface area contributed by atoms with Gasteiger partial charge in [0, 0.05) is 49.5 Å². The number of hydrogen-bond donors (Lipinski definition) is 1. The molecule has 150 valence electrons. The summed E-state index contributed by atoms with van der Waals surface area (Å²) in [6.45, 7) is 7.23. The van der Waals surface area contributed by atoms with Gasteiger partial charge in [0.25, 0.3) is 0 Å². The minimum Gasteiger partial charge on any atom is -0.369 e. The van der Waals surface area contributed by atoms with Crippen molar-refractivity contribution in [1.29, 1.82) is 0 Å². The van der Waals surface area contributed by atoms with Crippen molar-refractivity contribution in [3.63, 3.8) is 0 Å². The summed E-state index contributed by atoms with van der Waals surface area (Å²) in [6.07, 6.45) is 0. The highest BCUT2D eigenvalue weighted by molar-refractivity contribution is 7.89. The molecule has 2 aromatic rings. The van der Waals surface area contributed by atoms with E-state index in [0.717, 1.165) is 11.3 Å². The van der Waals surface area contributed by atoms with E-state index in [4.69, 9.17) is 11.6 Å². The number of amides is 1. The lowest BCUT2D eigenvalue weighted by Gasteiger charge is -2.36. The molecule has 1 aliphatic rings. The number of carbonyl (C=O) groups excluding carboxylic acids is 1. The number of benzene rings is 2. The van der Waals surface area contributed by atoms with Gasteiger partial charge in [0.05, 0.1) is 4.90 Å². The molecule has 8 heteroatoms. The van der Waals surface area contributed by atoms with Gasteiger partial charge in [0.1, 0.15) is 0 Å². The summed E-state index contributed by atoms with van der Waals surface area (Å²) in [6, 6.07) is 10.5.